The van der Waals surface area contributed by atoms with Gasteiger partial charge in [0.1, 0.15) is 25.3 Å². The second kappa shape index (κ2) is 17.6. The van der Waals surface area contributed by atoms with E-state index in [2.05, 4.69) is 56.4 Å². The van der Waals surface area contributed by atoms with E-state index in [0.717, 1.165) is 5.57 Å². The molecule has 5 amide bonds. The lowest BCUT2D eigenvalue weighted by molar-refractivity contribution is -0.128. The summed E-state index contributed by atoms with van der Waals surface area (Å²) in [7, 11) is -1.21. The van der Waals surface area contributed by atoms with E-state index in [1.165, 1.54) is 37.1 Å². The molecule has 0 fully saturated rings. The Kier molecular flexibility index (Phi) is 13.7. The lowest BCUT2D eigenvalue weighted by Gasteiger charge is -2.44. The number of nitrogens with zero attached hydrogens (tertiary/aromatic N) is 2. The third kappa shape index (κ3) is 9.89. The number of ether oxygens (including phenoxy) is 3. The van der Waals surface area contributed by atoms with Crippen molar-refractivity contribution < 1.29 is 47.7 Å². The maximum atomic E-state index is 14.3. The molecular weight excluding hydrogens is 739 g/mol. The molecule has 0 aromatic heterocycles. The topological polar surface area (TPSA) is 185 Å². The van der Waals surface area contributed by atoms with Gasteiger partial charge in [-0.15, -0.1) is 0 Å². The zero-order valence-corrected chi connectivity index (χ0v) is 34.8. The Morgan fingerprint density at radius 2 is 1.70 bits per heavy atom. The Hall–Kier alpha value is -5.35. The fourth-order valence-electron chi connectivity index (χ4n) is 5.97. The van der Waals surface area contributed by atoms with Crippen molar-refractivity contribution in [3.05, 3.63) is 72.0 Å². The summed E-state index contributed by atoms with van der Waals surface area (Å²) in [5.74, 6) is -1.89. The van der Waals surface area contributed by atoms with Crippen molar-refractivity contribution in [1.29, 1.82) is 0 Å². The van der Waals surface area contributed by atoms with Crippen molar-refractivity contribution in [2.75, 3.05) is 23.9 Å². The van der Waals surface area contributed by atoms with Crippen LogP contribution in [-0.4, -0.2) is 86.3 Å². The number of carbonyl (C=O) groups excluding carboxylic acids is 5. The molecule has 0 bridgehead atoms. The fourth-order valence-corrected chi connectivity index (χ4v) is 7.19. The van der Waals surface area contributed by atoms with Gasteiger partial charge in [0, 0.05) is 18.0 Å². The van der Waals surface area contributed by atoms with E-state index >= 15 is 0 Å². The number of nitrogens with one attached hydrogen (secondary N) is 3. The first-order valence-electron chi connectivity index (χ1n) is 18.5. The number of hydrogen-bond acceptors (Lipinski definition) is 10. The molecule has 4 N–H and O–H groups in total. The lowest BCUT2D eigenvalue weighted by atomic mass is 10.0. The quantitative estimate of drug-likeness (QED) is 0.131. The molecule has 4 atom stereocenters. The Balaban J connectivity index is 1.52. The molecule has 56 heavy (non-hydrogen) atoms. The fraction of sp³-hybridized carbons (Fsp3) is 0.475. The minimum atomic E-state index is -2.59. The van der Waals surface area contributed by atoms with Crippen LogP contribution in [0.1, 0.15) is 70.8 Å². The molecule has 16 heteroatoms. The molecule has 0 radical (unpaired) electrons. The molecule has 1 unspecified atom stereocenters. The first-order valence-corrected chi connectivity index (χ1v) is 21.4. The SMILES string of the molecule is C=CCOC(=O)N[C@H](C(=O)N[C@@H](C)C(=O)Nc1ccc(COC(=O)N2c3cc(O)c(OC)cc3C(=O)N3C=C(C)CC3[C@@H]2O[Si](C)(C)C(C)(C)C)cc1)C(C)C. The number of benzene rings is 2. The van der Waals surface area contributed by atoms with Crippen molar-refractivity contribution in [3.8, 4) is 11.5 Å². The number of methoxy groups -OCH3 is 1. The lowest BCUT2D eigenvalue weighted by Crippen LogP contribution is -2.57. The van der Waals surface area contributed by atoms with Crippen LogP contribution in [0.2, 0.25) is 18.1 Å². The van der Waals surface area contributed by atoms with E-state index in [1.54, 1.807) is 49.2 Å². The first kappa shape index (κ1) is 43.4. The monoisotopic (exact) mass is 793 g/mol. The highest BCUT2D eigenvalue weighted by molar-refractivity contribution is 6.74. The second-order valence-electron chi connectivity index (χ2n) is 15.9. The molecule has 2 heterocycles. The van der Waals surface area contributed by atoms with Crippen molar-refractivity contribution in [2.24, 2.45) is 5.92 Å². The maximum Gasteiger partial charge on any atom is 0.416 e. The Morgan fingerprint density at radius 1 is 1.04 bits per heavy atom. The zero-order valence-electron chi connectivity index (χ0n) is 33.8. The van der Waals surface area contributed by atoms with Gasteiger partial charge in [0.15, 0.2) is 26.0 Å². The number of fused-ring (bicyclic) bond motifs is 2. The van der Waals surface area contributed by atoms with Crippen LogP contribution in [-0.2, 0) is 30.1 Å². The van der Waals surface area contributed by atoms with Crippen molar-refractivity contribution in [2.45, 2.75) is 104 Å². The van der Waals surface area contributed by atoms with E-state index in [4.69, 9.17) is 18.6 Å². The number of anilines is 2. The van der Waals surface area contributed by atoms with Gasteiger partial charge < -0.3 is 44.6 Å². The highest BCUT2D eigenvalue weighted by Gasteiger charge is 2.50. The van der Waals surface area contributed by atoms with Gasteiger partial charge in [-0.25, -0.2) is 14.5 Å². The molecule has 2 aromatic carbocycles. The number of phenolic OH excluding ortho intramolecular Hbond substituents is 1. The van der Waals surface area contributed by atoms with Crippen molar-refractivity contribution in [3.63, 3.8) is 0 Å². The molecule has 304 valence electrons. The predicted octanol–water partition coefficient (Wildman–Crippen LogP) is 6.40. The zero-order chi connectivity index (χ0) is 41.7. The molecule has 2 aromatic rings. The summed E-state index contributed by atoms with van der Waals surface area (Å²) in [5.41, 5.74) is 2.23. The molecule has 15 nitrogen and oxygen atoms in total. The van der Waals surface area contributed by atoms with Crippen molar-refractivity contribution >= 4 is 49.6 Å². The van der Waals surface area contributed by atoms with Gasteiger partial charge in [-0.1, -0.05) is 65.0 Å². The number of phenols is 1. The van der Waals surface area contributed by atoms with Crippen LogP contribution in [0.3, 0.4) is 0 Å². The summed E-state index contributed by atoms with van der Waals surface area (Å²) in [5, 5.41) is 18.5. The highest BCUT2D eigenvalue weighted by Crippen LogP contribution is 2.45. The van der Waals surface area contributed by atoms with Gasteiger partial charge in [-0.3, -0.25) is 14.4 Å². The number of alkyl carbamates (subject to hydrolysis) is 1. The van der Waals surface area contributed by atoms with E-state index in [0.29, 0.717) is 17.7 Å². The van der Waals surface area contributed by atoms with Gasteiger partial charge in [0.05, 0.1) is 24.4 Å². The summed E-state index contributed by atoms with van der Waals surface area (Å²) >= 11 is 0. The standard InChI is InChI=1S/C40H55N5O10Si/c1-12-17-53-38(50)43-33(23(2)3)35(48)41-25(5)34(47)42-27-15-13-26(14-16-27)22-54-39(51)45-29-20-31(46)32(52-9)19-28(29)36(49)44-21-24(4)18-30(44)37(45)55-56(10,11)40(6,7)8/h12-16,19-21,23,25,30,33,37,46H,1,17-18,22H2,2-11H3,(H,41,48)(H,42,47)(H,43,50)/t25-,30?,33-,37-/m0/s1. The minimum absolute atomic E-state index is 0.0153. The van der Waals surface area contributed by atoms with Crippen LogP contribution in [0, 0.1) is 5.92 Å². The molecule has 0 spiro atoms. The number of hydrogen-bond donors (Lipinski definition) is 4. The van der Waals surface area contributed by atoms with E-state index in [-0.39, 0.29) is 52.8 Å². The Labute approximate surface area is 329 Å². The number of carbonyl (C=O) groups is 5. The molecular formula is C40H55N5O10Si. The average molecular weight is 794 g/mol. The third-order valence-corrected chi connectivity index (χ3v) is 14.6. The van der Waals surface area contributed by atoms with Gasteiger partial charge in [-0.05, 0) is 68.1 Å². The average Bonchev–Trinajstić information content (AvgIpc) is 3.49. The molecule has 0 saturated heterocycles. The van der Waals surface area contributed by atoms with Crippen molar-refractivity contribution in [1.82, 2.24) is 15.5 Å². The molecule has 2 aliphatic rings. The first-order chi connectivity index (χ1) is 26.2. The van der Waals surface area contributed by atoms with Gasteiger partial charge in [0.2, 0.25) is 11.8 Å². The largest absolute Gasteiger partial charge is 0.504 e. The van der Waals surface area contributed by atoms with Gasteiger partial charge in [0.25, 0.3) is 5.91 Å². The van der Waals surface area contributed by atoms with Gasteiger partial charge >= 0.3 is 12.2 Å². The Morgan fingerprint density at radius 3 is 2.29 bits per heavy atom. The van der Waals surface area contributed by atoms with E-state index < -0.39 is 56.7 Å². The maximum absolute atomic E-state index is 14.3. The molecule has 2 aliphatic heterocycles. The number of rotatable bonds is 13. The summed E-state index contributed by atoms with van der Waals surface area (Å²) < 4.78 is 23.1. The normalized spacial score (nSPS) is 17.8. The molecule has 0 aliphatic carbocycles. The van der Waals surface area contributed by atoms with Crippen LogP contribution >= 0.6 is 0 Å². The van der Waals surface area contributed by atoms with Crippen LogP contribution in [0.25, 0.3) is 0 Å². The Bertz CT molecular complexity index is 1860. The summed E-state index contributed by atoms with van der Waals surface area (Å²) in [6.45, 7) is 20.6. The highest BCUT2D eigenvalue weighted by atomic mass is 28.4. The van der Waals surface area contributed by atoms with Crippen LogP contribution in [0.4, 0.5) is 21.0 Å². The third-order valence-electron chi connectivity index (χ3n) is 10.2. The van der Waals surface area contributed by atoms with Crippen LogP contribution < -0.4 is 25.6 Å². The summed E-state index contributed by atoms with van der Waals surface area (Å²) in [6, 6.07) is 6.89. The molecule has 0 saturated carbocycles. The smallest absolute Gasteiger partial charge is 0.416 e. The second-order valence-corrected chi connectivity index (χ2v) is 20.6. The van der Waals surface area contributed by atoms with E-state index in [9.17, 15) is 29.1 Å². The minimum Gasteiger partial charge on any atom is -0.504 e. The summed E-state index contributed by atoms with van der Waals surface area (Å²) in [6.07, 6.45) is 1.12. The van der Waals surface area contributed by atoms with Crippen LogP contribution in [0.15, 0.2) is 60.8 Å². The number of amides is 5. The summed E-state index contributed by atoms with van der Waals surface area (Å²) in [4.78, 5) is 69.2. The van der Waals surface area contributed by atoms with E-state index in [1.807, 2.05) is 6.92 Å². The predicted molar refractivity (Wildman–Crippen MR) is 214 cm³/mol. The van der Waals surface area contributed by atoms with Crippen LogP contribution in [0.5, 0.6) is 11.5 Å². The number of aromatic hydroxyl groups is 1. The van der Waals surface area contributed by atoms with Gasteiger partial charge in [-0.2, -0.15) is 0 Å². The molecule has 4 rings (SSSR count).